The lowest BCUT2D eigenvalue weighted by atomic mass is 9.70. The molecule has 1 saturated heterocycles. The van der Waals surface area contributed by atoms with E-state index in [0.717, 1.165) is 5.56 Å². The van der Waals surface area contributed by atoms with Crippen LogP contribution in [0, 0.1) is 11.8 Å². The van der Waals surface area contributed by atoms with E-state index in [2.05, 4.69) is 27.7 Å². The average Bonchev–Trinajstić information content (AvgIpc) is 2.62. The fourth-order valence-electron chi connectivity index (χ4n) is 3.92. The maximum Gasteiger partial charge on any atom is 0.343 e. The number of ether oxygens (including phenoxy) is 2. The van der Waals surface area contributed by atoms with Crippen LogP contribution in [0.4, 0.5) is 0 Å². The van der Waals surface area contributed by atoms with Gasteiger partial charge in [0.25, 0.3) is 5.79 Å². The number of benzene rings is 2. The van der Waals surface area contributed by atoms with Crippen LogP contribution in [-0.4, -0.2) is 18.7 Å². The molecule has 1 atom stereocenters. The topological polar surface area (TPSA) is 54.0 Å². The third-order valence-electron chi connectivity index (χ3n) is 5.25. The Labute approximate surface area is 160 Å². The minimum absolute atomic E-state index is 0.140. The Balaban J connectivity index is 1.93. The molecular weight excluding hydrogens is 344 g/mol. The van der Waals surface area contributed by atoms with Crippen molar-refractivity contribution in [1.82, 2.24) is 0 Å². The summed E-state index contributed by atoms with van der Waals surface area (Å²) in [6, 6.07) is 16.1. The molecule has 0 aliphatic carbocycles. The van der Waals surface area contributed by atoms with Crippen molar-refractivity contribution < 1.29 is 24.0 Å². The van der Waals surface area contributed by atoms with E-state index in [1.807, 2.05) is 18.2 Å². The van der Waals surface area contributed by atoms with Crippen molar-refractivity contribution in [2.45, 2.75) is 39.1 Å². The van der Waals surface area contributed by atoms with Gasteiger partial charge < -0.3 is 9.47 Å². The first-order chi connectivity index (χ1) is 12.9. The van der Waals surface area contributed by atoms with E-state index in [9.17, 15) is 4.79 Å². The van der Waals surface area contributed by atoms with Gasteiger partial charge in [0.15, 0.2) is 5.60 Å². The molecule has 0 radical (unpaired) electrons. The molecule has 0 saturated carbocycles. The highest BCUT2D eigenvalue weighted by Gasteiger charge is 2.69. The smallest absolute Gasteiger partial charge is 0.343 e. The average molecular weight is 370 g/mol. The molecule has 0 aromatic heterocycles. The molecule has 1 aliphatic heterocycles. The van der Waals surface area contributed by atoms with Crippen LogP contribution in [0.2, 0.25) is 0 Å². The van der Waals surface area contributed by atoms with Crippen LogP contribution < -0.4 is 4.74 Å². The van der Waals surface area contributed by atoms with Crippen molar-refractivity contribution in [3.63, 3.8) is 0 Å². The third kappa shape index (κ3) is 3.06. The van der Waals surface area contributed by atoms with Crippen molar-refractivity contribution in [1.29, 1.82) is 0 Å². The number of hydrogen-bond acceptors (Lipinski definition) is 5. The maximum absolute atomic E-state index is 12.4. The molecule has 27 heavy (non-hydrogen) atoms. The Hall–Kier alpha value is -2.21. The fourth-order valence-corrected chi connectivity index (χ4v) is 3.92. The lowest BCUT2D eigenvalue weighted by Gasteiger charge is -2.59. The predicted octanol–water partition coefficient (Wildman–Crippen LogP) is 4.72. The van der Waals surface area contributed by atoms with Crippen molar-refractivity contribution in [2.24, 2.45) is 11.8 Å². The second kappa shape index (κ2) is 7.43. The lowest BCUT2D eigenvalue weighted by Crippen LogP contribution is -2.70. The van der Waals surface area contributed by atoms with Crippen LogP contribution in [0.3, 0.4) is 0 Å². The summed E-state index contributed by atoms with van der Waals surface area (Å²) >= 11 is 0. The molecule has 0 spiro atoms. The van der Waals surface area contributed by atoms with E-state index in [0.29, 0.717) is 11.3 Å². The van der Waals surface area contributed by atoms with Gasteiger partial charge in [-0.3, -0.25) is 0 Å². The highest BCUT2D eigenvalue weighted by atomic mass is 17.3. The lowest BCUT2D eigenvalue weighted by molar-refractivity contribution is -0.634. The summed E-state index contributed by atoms with van der Waals surface area (Å²) in [6.45, 7) is 8.32. The summed E-state index contributed by atoms with van der Waals surface area (Å²) in [6.07, 6.45) is 0. The maximum atomic E-state index is 12.4. The van der Waals surface area contributed by atoms with E-state index in [-0.39, 0.29) is 11.8 Å². The second-order valence-electron chi connectivity index (χ2n) is 7.37. The highest BCUT2D eigenvalue weighted by molar-refractivity contribution is 5.90. The quantitative estimate of drug-likeness (QED) is 0.418. The molecule has 0 N–H and O–H groups in total. The fraction of sp³-hybridized carbons (Fsp3) is 0.409. The zero-order valence-corrected chi connectivity index (χ0v) is 16.4. The van der Waals surface area contributed by atoms with Crippen LogP contribution >= 0.6 is 0 Å². The summed E-state index contributed by atoms with van der Waals surface area (Å²) in [4.78, 5) is 23.6. The molecule has 1 unspecified atom stereocenters. The first kappa shape index (κ1) is 19.5. The number of esters is 1. The van der Waals surface area contributed by atoms with E-state index < -0.39 is 17.4 Å². The van der Waals surface area contributed by atoms with Gasteiger partial charge in [0, 0.05) is 12.7 Å². The van der Waals surface area contributed by atoms with Crippen LogP contribution in [0.25, 0.3) is 0 Å². The molecular formula is C22H26O5. The zero-order valence-electron chi connectivity index (χ0n) is 16.4. The van der Waals surface area contributed by atoms with E-state index >= 15 is 0 Å². The number of hydrogen-bond donors (Lipinski definition) is 0. The van der Waals surface area contributed by atoms with Gasteiger partial charge >= 0.3 is 5.97 Å². The standard InChI is InChI=1S/C22H26O5/c1-15(2)21(16(3)4)22(24-5,27-26-21)18-12-9-13-19(14-18)25-20(23)17-10-7-6-8-11-17/h6-16H,1-5H3. The summed E-state index contributed by atoms with van der Waals surface area (Å²) in [5.74, 6) is -0.771. The zero-order chi connectivity index (χ0) is 19.7. The summed E-state index contributed by atoms with van der Waals surface area (Å²) in [5.41, 5.74) is 0.590. The third-order valence-corrected chi connectivity index (χ3v) is 5.25. The molecule has 5 nitrogen and oxygen atoms in total. The molecule has 0 amide bonds. The van der Waals surface area contributed by atoms with Gasteiger partial charge in [-0.15, -0.1) is 0 Å². The Kier molecular flexibility index (Phi) is 5.38. The Morgan fingerprint density at radius 2 is 1.59 bits per heavy atom. The molecule has 0 bridgehead atoms. The van der Waals surface area contributed by atoms with Gasteiger partial charge in [-0.1, -0.05) is 58.0 Å². The number of rotatable bonds is 6. The minimum Gasteiger partial charge on any atom is -0.423 e. The van der Waals surface area contributed by atoms with E-state index in [4.69, 9.17) is 19.2 Å². The molecule has 5 heteroatoms. The number of methoxy groups -OCH3 is 1. The van der Waals surface area contributed by atoms with Crippen molar-refractivity contribution in [3.8, 4) is 5.75 Å². The molecule has 1 heterocycles. The second-order valence-corrected chi connectivity index (χ2v) is 7.37. The van der Waals surface area contributed by atoms with Gasteiger partial charge in [-0.25, -0.2) is 9.68 Å². The Morgan fingerprint density at radius 3 is 2.11 bits per heavy atom. The molecule has 1 fully saturated rings. The van der Waals surface area contributed by atoms with Crippen molar-refractivity contribution in [2.75, 3.05) is 7.11 Å². The van der Waals surface area contributed by atoms with Crippen LogP contribution in [0.1, 0.15) is 43.6 Å². The van der Waals surface area contributed by atoms with Crippen LogP contribution in [0.15, 0.2) is 54.6 Å². The SMILES string of the molecule is COC1(c2cccc(OC(=O)c3ccccc3)c2)OOC1(C(C)C)C(C)C. The van der Waals surface area contributed by atoms with Gasteiger partial charge in [0.1, 0.15) is 5.75 Å². The number of carbonyl (C=O) groups is 1. The molecule has 2 aromatic rings. The van der Waals surface area contributed by atoms with Gasteiger partial charge in [0.05, 0.1) is 5.56 Å². The minimum atomic E-state index is -1.06. The van der Waals surface area contributed by atoms with Gasteiger partial charge in [0.2, 0.25) is 0 Å². The molecule has 144 valence electrons. The Morgan fingerprint density at radius 1 is 0.926 bits per heavy atom. The van der Waals surface area contributed by atoms with E-state index in [1.165, 1.54) is 0 Å². The van der Waals surface area contributed by atoms with E-state index in [1.54, 1.807) is 43.5 Å². The largest absolute Gasteiger partial charge is 0.423 e. The van der Waals surface area contributed by atoms with Crippen LogP contribution in [0.5, 0.6) is 5.75 Å². The summed E-state index contributed by atoms with van der Waals surface area (Å²) in [5, 5.41) is 0. The van der Waals surface area contributed by atoms with Gasteiger partial charge in [-0.2, -0.15) is 4.89 Å². The number of carbonyl (C=O) groups excluding carboxylic acids is 1. The summed E-state index contributed by atoms with van der Waals surface area (Å²) < 4.78 is 11.4. The molecule has 3 rings (SSSR count). The molecule has 2 aromatic carbocycles. The van der Waals surface area contributed by atoms with Gasteiger partial charge in [-0.05, 0) is 36.1 Å². The summed E-state index contributed by atoms with van der Waals surface area (Å²) in [7, 11) is 1.60. The van der Waals surface area contributed by atoms with Crippen LogP contribution in [-0.2, 0) is 20.3 Å². The normalized spacial score (nSPS) is 21.1. The highest BCUT2D eigenvalue weighted by Crippen LogP contribution is 2.57. The van der Waals surface area contributed by atoms with Crippen molar-refractivity contribution >= 4 is 5.97 Å². The van der Waals surface area contributed by atoms with Crippen molar-refractivity contribution in [3.05, 3.63) is 65.7 Å². The first-order valence-corrected chi connectivity index (χ1v) is 9.17. The first-order valence-electron chi connectivity index (χ1n) is 9.17. The predicted molar refractivity (Wildman–Crippen MR) is 101 cm³/mol. The monoisotopic (exact) mass is 370 g/mol. The molecule has 1 aliphatic rings. The Bertz CT molecular complexity index is 787.